The van der Waals surface area contributed by atoms with Gasteiger partial charge < -0.3 is 0 Å². The molecule has 0 amide bonds. The third-order valence-corrected chi connectivity index (χ3v) is 13.4. The second-order valence-electron chi connectivity index (χ2n) is 9.14. The van der Waals surface area contributed by atoms with Crippen LogP contribution in [0.2, 0.25) is 4.44 Å². The molecule has 0 aliphatic carbocycles. The first-order chi connectivity index (χ1) is 10.2. The third kappa shape index (κ3) is 13.6. The zero-order valence-electron chi connectivity index (χ0n) is 17.3. The van der Waals surface area contributed by atoms with Gasteiger partial charge in [0.05, 0.1) is 0 Å². The van der Waals surface area contributed by atoms with Crippen LogP contribution in [0.5, 0.6) is 0 Å². The summed E-state index contributed by atoms with van der Waals surface area (Å²) in [6.45, 7) is 23.0. The Labute approximate surface area is 150 Å². The fraction of sp³-hybridized carbons (Fsp3) is 1.00. The van der Waals surface area contributed by atoms with Crippen molar-refractivity contribution in [1.29, 1.82) is 0 Å². The first-order valence-corrected chi connectivity index (χ1v) is 14.5. The molecule has 0 unspecified atom stereocenters. The summed E-state index contributed by atoms with van der Waals surface area (Å²) < 4.78 is 20.5. The first kappa shape index (κ1) is 23.6. The van der Waals surface area contributed by atoms with E-state index >= 15 is 0 Å². The van der Waals surface area contributed by atoms with E-state index in [4.69, 9.17) is 9.22 Å². The molecular weight excluding hydrogens is 397 g/mol. The molecule has 0 spiro atoms. The second kappa shape index (κ2) is 9.37. The van der Waals surface area contributed by atoms with Gasteiger partial charge in [0.2, 0.25) is 0 Å². The molecule has 0 heterocycles. The van der Waals surface area contributed by atoms with E-state index in [2.05, 4.69) is 74.6 Å². The van der Waals surface area contributed by atoms with E-state index in [-0.39, 0.29) is 16.8 Å². The van der Waals surface area contributed by atoms with Gasteiger partial charge in [-0.2, -0.15) is 0 Å². The van der Waals surface area contributed by atoms with Crippen LogP contribution < -0.4 is 5.32 Å². The van der Waals surface area contributed by atoms with Gasteiger partial charge in [0.15, 0.2) is 0 Å². The first-order valence-electron chi connectivity index (χ1n) is 8.99. The quantitative estimate of drug-likeness (QED) is 0.416. The summed E-state index contributed by atoms with van der Waals surface area (Å²) >= 11 is -3.69. The maximum atomic E-state index is 6.53. The Hall–Kier alpha value is 0.639. The van der Waals surface area contributed by atoms with Crippen molar-refractivity contribution in [1.82, 2.24) is 5.32 Å². The Morgan fingerprint density at radius 2 is 1.09 bits per heavy atom. The SMILES string of the molecule is CCNCCC[CH2][Sn]([O]C(C)(C)C)([O]C(C)(C)C)[O]C(C)(C)C. The number of unbranched alkanes of at least 4 members (excludes halogenated alkanes) is 1. The van der Waals surface area contributed by atoms with Crippen LogP contribution in [0.4, 0.5) is 0 Å². The van der Waals surface area contributed by atoms with Crippen molar-refractivity contribution >= 4 is 19.6 Å². The van der Waals surface area contributed by atoms with Gasteiger partial charge in [0, 0.05) is 0 Å². The second-order valence-corrected chi connectivity index (χ2v) is 16.2. The molecule has 0 aromatic carbocycles. The summed E-state index contributed by atoms with van der Waals surface area (Å²) in [6, 6.07) is 0. The zero-order valence-corrected chi connectivity index (χ0v) is 20.1. The molecule has 1 N–H and O–H groups in total. The molecule has 0 aliphatic rings. The predicted molar refractivity (Wildman–Crippen MR) is 101 cm³/mol. The summed E-state index contributed by atoms with van der Waals surface area (Å²) in [5.74, 6) is 0. The molecule has 0 aromatic heterocycles. The standard InChI is InChI=1S/C6H14N.3C4H9O.Sn/c1-3-5-6-7-4-2;3*1-4(2,3)5;/h7H,1,3-6H2,2H3;3*1-3H3;/q;3*-1;+3. The summed E-state index contributed by atoms with van der Waals surface area (Å²) in [4.78, 5) is 0. The van der Waals surface area contributed by atoms with E-state index in [1.165, 1.54) is 0 Å². The molecular formula is C18H41NO3Sn. The topological polar surface area (TPSA) is 39.7 Å². The minimum atomic E-state index is -3.69. The minimum absolute atomic E-state index is 0.256. The van der Waals surface area contributed by atoms with Gasteiger partial charge in [-0.25, -0.2) is 0 Å². The van der Waals surface area contributed by atoms with Crippen molar-refractivity contribution < 1.29 is 9.22 Å². The molecule has 23 heavy (non-hydrogen) atoms. The summed E-state index contributed by atoms with van der Waals surface area (Å²) in [5, 5.41) is 3.38. The molecule has 0 rings (SSSR count). The normalized spacial score (nSPS) is 14.3. The average molecular weight is 438 g/mol. The van der Waals surface area contributed by atoms with Crippen LogP contribution in [0.15, 0.2) is 0 Å². The van der Waals surface area contributed by atoms with Crippen molar-refractivity contribution in [3.05, 3.63) is 0 Å². The summed E-state index contributed by atoms with van der Waals surface area (Å²) in [7, 11) is 0. The van der Waals surface area contributed by atoms with Crippen LogP contribution in [0.25, 0.3) is 0 Å². The van der Waals surface area contributed by atoms with Crippen molar-refractivity contribution in [2.45, 2.75) is 103 Å². The Morgan fingerprint density at radius 1 is 0.696 bits per heavy atom. The van der Waals surface area contributed by atoms with Gasteiger partial charge in [-0.05, 0) is 0 Å². The molecule has 0 aliphatic heterocycles. The molecule has 0 saturated carbocycles. The van der Waals surface area contributed by atoms with E-state index < -0.39 is 19.6 Å². The molecule has 0 fully saturated rings. The number of rotatable bonds is 9. The fourth-order valence-corrected chi connectivity index (χ4v) is 13.6. The van der Waals surface area contributed by atoms with E-state index in [9.17, 15) is 0 Å². The van der Waals surface area contributed by atoms with E-state index in [1.807, 2.05) is 0 Å². The molecule has 0 atom stereocenters. The maximum absolute atomic E-state index is 6.53. The Morgan fingerprint density at radius 3 is 1.39 bits per heavy atom. The summed E-state index contributed by atoms with van der Waals surface area (Å²) in [5.41, 5.74) is -0.767. The van der Waals surface area contributed by atoms with Gasteiger partial charge in [0.1, 0.15) is 0 Å². The van der Waals surface area contributed by atoms with Crippen LogP contribution in [0.1, 0.15) is 82.1 Å². The Bertz CT molecular complexity index is 286. The van der Waals surface area contributed by atoms with Gasteiger partial charge in [-0.1, -0.05) is 0 Å². The van der Waals surface area contributed by atoms with Crippen LogP contribution in [-0.4, -0.2) is 49.5 Å². The van der Waals surface area contributed by atoms with Gasteiger partial charge in [-0.15, -0.1) is 0 Å². The Balaban J connectivity index is 5.21. The van der Waals surface area contributed by atoms with Crippen molar-refractivity contribution in [2.24, 2.45) is 0 Å². The molecule has 0 saturated heterocycles. The van der Waals surface area contributed by atoms with Gasteiger partial charge in [0.25, 0.3) is 0 Å². The molecule has 4 nitrogen and oxygen atoms in total. The van der Waals surface area contributed by atoms with Gasteiger partial charge >= 0.3 is 151 Å². The fourth-order valence-electron chi connectivity index (χ4n) is 2.38. The van der Waals surface area contributed by atoms with Crippen molar-refractivity contribution in [2.75, 3.05) is 13.1 Å². The Kier molecular flexibility index (Phi) is 9.63. The molecule has 140 valence electrons. The van der Waals surface area contributed by atoms with E-state index in [0.29, 0.717) is 0 Å². The monoisotopic (exact) mass is 439 g/mol. The van der Waals surface area contributed by atoms with Crippen molar-refractivity contribution in [3.8, 4) is 0 Å². The molecule has 0 bridgehead atoms. The molecule has 0 aromatic rings. The number of hydrogen-bond donors (Lipinski definition) is 1. The number of nitrogens with one attached hydrogen (secondary N) is 1. The van der Waals surface area contributed by atoms with E-state index in [1.54, 1.807) is 0 Å². The predicted octanol–water partition coefficient (Wildman–Crippen LogP) is 4.76. The van der Waals surface area contributed by atoms with Crippen molar-refractivity contribution in [3.63, 3.8) is 0 Å². The third-order valence-electron chi connectivity index (χ3n) is 2.72. The van der Waals surface area contributed by atoms with Crippen LogP contribution in [0.3, 0.4) is 0 Å². The molecule has 5 heteroatoms. The molecule has 0 radical (unpaired) electrons. The summed E-state index contributed by atoms with van der Waals surface area (Å²) in [6.07, 6.45) is 2.20. The van der Waals surface area contributed by atoms with E-state index in [0.717, 1.165) is 30.4 Å². The van der Waals surface area contributed by atoms with Gasteiger partial charge in [-0.3, -0.25) is 0 Å². The average Bonchev–Trinajstić information content (AvgIpc) is 2.20. The van der Waals surface area contributed by atoms with Crippen LogP contribution in [0, 0.1) is 0 Å². The van der Waals surface area contributed by atoms with Crippen LogP contribution in [-0.2, 0) is 9.22 Å². The zero-order chi connectivity index (χ0) is 18.4. The van der Waals surface area contributed by atoms with Crippen LogP contribution >= 0.6 is 0 Å². The number of hydrogen-bond acceptors (Lipinski definition) is 4.